The third kappa shape index (κ3) is 8.67. The Kier molecular flexibility index (Phi) is 12.0. The number of amides is 1. The van der Waals surface area contributed by atoms with Crippen molar-refractivity contribution in [2.75, 3.05) is 39.3 Å². The molecule has 32 heavy (non-hydrogen) atoms. The summed E-state index contributed by atoms with van der Waals surface area (Å²) < 4.78 is 13.0. The first kappa shape index (κ1) is 26.5. The molecule has 3 rings (SSSR count). The average molecular weight is 574 g/mol. The molecule has 1 saturated heterocycles. The van der Waals surface area contributed by atoms with Crippen molar-refractivity contribution in [3.63, 3.8) is 0 Å². The summed E-state index contributed by atoms with van der Waals surface area (Å²) in [4.78, 5) is 20.8. The Balaban J connectivity index is 0.00000363. The Labute approximate surface area is 211 Å². The monoisotopic (exact) mass is 573 g/mol. The molecule has 0 bridgehead atoms. The van der Waals surface area contributed by atoms with E-state index in [9.17, 15) is 9.18 Å². The van der Waals surface area contributed by atoms with Crippen molar-refractivity contribution in [2.24, 2.45) is 4.99 Å². The second kappa shape index (κ2) is 14.4. The average Bonchev–Trinajstić information content (AvgIpc) is 3.48. The van der Waals surface area contributed by atoms with Crippen molar-refractivity contribution in [1.82, 2.24) is 20.9 Å². The van der Waals surface area contributed by atoms with Crippen LogP contribution in [0, 0.1) is 5.82 Å². The van der Waals surface area contributed by atoms with Gasteiger partial charge in [-0.25, -0.2) is 4.39 Å². The molecule has 9 heteroatoms. The van der Waals surface area contributed by atoms with Crippen LogP contribution in [0.25, 0.3) is 0 Å². The minimum absolute atomic E-state index is 0. The maximum absolute atomic E-state index is 13.0. The highest BCUT2D eigenvalue weighted by atomic mass is 127. The van der Waals surface area contributed by atoms with Gasteiger partial charge in [0.1, 0.15) is 5.82 Å². The van der Waals surface area contributed by atoms with Gasteiger partial charge < -0.3 is 16.0 Å². The molecule has 1 unspecified atom stereocenters. The number of likely N-dealkylation sites (tertiary alicyclic amines) is 1. The number of nitrogens with zero attached hydrogens (tertiary/aromatic N) is 2. The Morgan fingerprint density at radius 1 is 1.12 bits per heavy atom. The van der Waals surface area contributed by atoms with Crippen LogP contribution in [-0.2, 0) is 11.2 Å². The van der Waals surface area contributed by atoms with E-state index in [2.05, 4.69) is 38.4 Å². The molecule has 176 valence electrons. The lowest BCUT2D eigenvalue weighted by molar-refractivity contribution is -0.120. The number of thiophene rings is 1. The third-order valence-corrected chi connectivity index (χ3v) is 6.21. The summed E-state index contributed by atoms with van der Waals surface area (Å²) in [6, 6.07) is 10.6. The van der Waals surface area contributed by atoms with Crippen LogP contribution in [0.3, 0.4) is 0 Å². The number of rotatable bonds is 10. The summed E-state index contributed by atoms with van der Waals surface area (Å²) in [5.41, 5.74) is 0.795. The van der Waals surface area contributed by atoms with E-state index in [1.54, 1.807) is 23.5 Å². The van der Waals surface area contributed by atoms with E-state index in [1.807, 2.05) is 6.92 Å². The third-order valence-electron chi connectivity index (χ3n) is 5.24. The molecule has 0 spiro atoms. The molecular weight excluding hydrogens is 540 g/mol. The summed E-state index contributed by atoms with van der Waals surface area (Å²) in [5, 5.41) is 11.6. The van der Waals surface area contributed by atoms with Gasteiger partial charge in [-0.3, -0.25) is 14.7 Å². The quantitative estimate of drug-likeness (QED) is 0.176. The standard InChI is InChI=1S/C23H32FN5OS.HI/c1-2-25-23(27-12-11-26-22(30)16-18-7-9-19(24)10-8-18)28-17-20(21-6-5-15-31-21)29-13-3-4-14-29;/h5-10,15,20H,2-4,11-14,16-17H2,1H3,(H,26,30)(H2,25,27,28);1H. The van der Waals surface area contributed by atoms with E-state index in [0.29, 0.717) is 25.7 Å². The second-order valence-electron chi connectivity index (χ2n) is 7.57. The smallest absolute Gasteiger partial charge is 0.224 e. The van der Waals surface area contributed by atoms with Crippen LogP contribution in [0.15, 0.2) is 46.8 Å². The number of carbonyl (C=O) groups is 1. The lowest BCUT2D eigenvalue weighted by Crippen LogP contribution is -2.42. The number of halogens is 2. The first-order chi connectivity index (χ1) is 15.2. The van der Waals surface area contributed by atoms with Crippen molar-refractivity contribution in [1.29, 1.82) is 0 Å². The maximum atomic E-state index is 13.0. The van der Waals surface area contributed by atoms with Gasteiger partial charge in [0.15, 0.2) is 5.96 Å². The lowest BCUT2D eigenvalue weighted by Gasteiger charge is -2.25. The van der Waals surface area contributed by atoms with E-state index >= 15 is 0 Å². The molecular formula is C23H33FIN5OS. The lowest BCUT2D eigenvalue weighted by atomic mass is 10.1. The largest absolute Gasteiger partial charge is 0.357 e. The van der Waals surface area contributed by atoms with Gasteiger partial charge in [0.2, 0.25) is 5.91 Å². The normalized spacial score (nSPS) is 15.1. The van der Waals surface area contributed by atoms with Crippen molar-refractivity contribution >= 4 is 47.2 Å². The summed E-state index contributed by atoms with van der Waals surface area (Å²) in [6.45, 7) is 6.84. The van der Waals surface area contributed by atoms with Gasteiger partial charge in [0, 0.05) is 24.5 Å². The number of carbonyl (C=O) groups excluding carboxylic acids is 1. The molecule has 1 aliphatic rings. The highest BCUT2D eigenvalue weighted by Crippen LogP contribution is 2.28. The molecule has 1 aromatic carbocycles. The molecule has 6 nitrogen and oxygen atoms in total. The molecule has 1 amide bonds. The number of hydrogen-bond acceptors (Lipinski definition) is 4. The van der Waals surface area contributed by atoms with Crippen LogP contribution < -0.4 is 16.0 Å². The Morgan fingerprint density at radius 3 is 2.50 bits per heavy atom. The van der Waals surface area contributed by atoms with Crippen LogP contribution in [0.1, 0.15) is 36.2 Å². The van der Waals surface area contributed by atoms with E-state index in [0.717, 1.165) is 31.2 Å². The van der Waals surface area contributed by atoms with Crippen LogP contribution in [0.4, 0.5) is 4.39 Å². The van der Waals surface area contributed by atoms with Gasteiger partial charge >= 0.3 is 0 Å². The van der Waals surface area contributed by atoms with Gasteiger partial charge in [-0.2, -0.15) is 0 Å². The van der Waals surface area contributed by atoms with Gasteiger partial charge in [0.25, 0.3) is 0 Å². The highest BCUT2D eigenvalue weighted by Gasteiger charge is 2.24. The fourth-order valence-electron chi connectivity index (χ4n) is 3.67. The predicted molar refractivity (Wildman–Crippen MR) is 140 cm³/mol. The molecule has 0 radical (unpaired) electrons. The van der Waals surface area contributed by atoms with E-state index in [-0.39, 0.29) is 42.1 Å². The molecule has 1 atom stereocenters. The van der Waals surface area contributed by atoms with Crippen molar-refractivity contribution in [3.8, 4) is 0 Å². The van der Waals surface area contributed by atoms with Crippen molar-refractivity contribution < 1.29 is 9.18 Å². The van der Waals surface area contributed by atoms with Crippen molar-refractivity contribution in [2.45, 2.75) is 32.2 Å². The first-order valence-electron chi connectivity index (χ1n) is 11.0. The topological polar surface area (TPSA) is 68.8 Å². The molecule has 2 aromatic rings. The van der Waals surface area contributed by atoms with E-state index in [1.165, 1.54) is 29.9 Å². The number of nitrogens with one attached hydrogen (secondary N) is 3. The summed E-state index contributed by atoms with van der Waals surface area (Å²) >= 11 is 1.79. The fraction of sp³-hybridized carbons (Fsp3) is 0.478. The van der Waals surface area contributed by atoms with Crippen LogP contribution in [0.2, 0.25) is 0 Å². The Morgan fingerprint density at radius 2 is 1.84 bits per heavy atom. The molecule has 1 aliphatic heterocycles. The molecule has 1 fully saturated rings. The van der Waals surface area contributed by atoms with Crippen LogP contribution in [0.5, 0.6) is 0 Å². The molecule has 0 aliphatic carbocycles. The minimum atomic E-state index is -0.297. The zero-order chi connectivity index (χ0) is 21.9. The Bertz CT molecular complexity index is 825. The maximum Gasteiger partial charge on any atom is 0.224 e. The van der Waals surface area contributed by atoms with E-state index < -0.39 is 0 Å². The van der Waals surface area contributed by atoms with Gasteiger partial charge in [0.05, 0.1) is 19.0 Å². The number of aliphatic imine (C=N–C) groups is 1. The molecule has 2 heterocycles. The molecule has 0 saturated carbocycles. The summed E-state index contributed by atoms with van der Waals surface area (Å²) in [6.07, 6.45) is 2.75. The van der Waals surface area contributed by atoms with Crippen molar-refractivity contribution in [3.05, 3.63) is 58.0 Å². The first-order valence-corrected chi connectivity index (χ1v) is 11.8. The van der Waals surface area contributed by atoms with Gasteiger partial charge in [-0.1, -0.05) is 18.2 Å². The zero-order valence-corrected chi connectivity index (χ0v) is 21.6. The zero-order valence-electron chi connectivity index (χ0n) is 18.5. The number of guanidine groups is 1. The van der Waals surface area contributed by atoms with Crippen LogP contribution in [-0.4, -0.2) is 56.0 Å². The molecule has 3 N–H and O–H groups in total. The van der Waals surface area contributed by atoms with E-state index in [4.69, 9.17) is 4.99 Å². The van der Waals surface area contributed by atoms with Gasteiger partial charge in [-0.05, 0) is 62.0 Å². The number of benzene rings is 1. The SMILES string of the molecule is CCNC(=NCC(c1cccs1)N1CCCC1)NCCNC(=O)Cc1ccc(F)cc1.I. The van der Waals surface area contributed by atoms with Gasteiger partial charge in [-0.15, -0.1) is 35.3 Å². The highest BCUT2D eigenvalue weighted by molar-refractivity contribution is 14.0. The number of hydrogen-bond donors (Lipinski definition) is 3. The predicted octanol–water partition coefficient (Wildman–Crippen LogP) is 3.56. The molecule has 1 aromatic heterocycles. The Hall–Kier alpha value is -1.72. The van der Waals surface area contributed by atoms with Crippen LogP contribution >= 0.6 is 35.3 Å². The second-order valence-corrected chi connectivity index (χ2v) is 8.55. The summed E-state index contributed by atoms with van der Waals surface area (Å²) in [7, 11) is 0. The summed E-state index contributed by atoms with van der Waals surface area (Å²) in [5.74, 6) is 0.382. The fourth-order valence-corrected chi connectivity index (χ4v) is 4.52. The minimum Gasteiger partial charge on any atom is -0.357 e.